The number of amides is 1. The van der Waals surface area contributed by atoms with Crippen molar-refractivity contribution in [2.45, 2.75) is 31.8 Å². The monoisotopic (exact) mass is 584 g/mol. The van der Waals surface area contributed by atoms with E-state index >= 15 is 0 Å². The van der Waals surface area contributed by atoms with Gasteiger partial charge in [-0.2, -0.15) is 0 Å². The van der Waals surface area contributed by atoms with Gasteiger partial charge in [0.15, 0.2) is 0 Å². The number of aryl methyl sites for hydroxylation is 1. The number of carbonyl (C=O) groups is 1. The quantitative estimate of drug-likeness (QED) is 0.303. The van der Waals surface area contributed by atoms with Gasteiger partial charge in [-0.25, -0.2) is 4.79 Å². The molecule has 9 nitrogen and oxygen atoms in total. The zero-order chi connectivity index (χ0) is 30.4. The van der Waals surface area contributed by atoms with Gasteiger partial charge < -0.3 is 10.0 Å². The minimum atomic E-state index is -0.971. The molecule has 220 valence electrons. The van der Waals surface area contributed by atoms with E-state index in [4.69, 9.17) is 0 Å². The van der Waals surface area contributed by atoms with Gasteiger partial charge in [-0.15, -0.1) is 0 Å². The molecular weight excluding hydrogens is 552 g/mol. The van der Waals surface area contributed by atoms with E-state index in [1.54, 1.807) is 39.7 Å². The van der Waals surface area contributed by atoms with Crippen LogP contribution in [0.15, 0.2) is 96.3 Å². The van der Waals surface area contributed by atoms with Crippen molar-refractivity contribution >= 4 is 27.8 Å². The number of piperidine rings is 1. The van der Waals surface area contributed by atoms with Crippen LogP contribution in [0.25, 0.3) is 50.0 Å². The second-order valence-corrected chi connectivity index (χ2v) is 11.4. The number of hydrogen-bond donors (Lipinski definition) is 1. The third-order valence-corrected chi connectivity index (χ3v) is 8.72. The van der Waals surface area contributed by atoms with E-state index < -0.39 is 6.10 Å². The normalized spacial score (nSPS) is 14.8. The SMILES string of the molecule is CC(O)C(=O)N1CCC(c2ccc(-n3c(=O)n(C)c4cnc5ccc(-c6ccc(-c7cccnc7)nc6)cc5c43)cc2)CC1. The Balaban J connectivity index is 1.24. The average Bonchev–Trinajstić information content (AvgIpc) is 3.34. The van der Waals surface area contributed by atoms with E-state index in [9.17, 15) is 14.7 Å². The Morgan fingerprint density at radius 2 is 1.68 bits per heavy atom. The van der Waals surface area contributed by atoms with Crippen LogP contribution in [-0.4, -0.2) is 59.2 Å². The van der Waals surface area contributed by atoms with Crippen molar-refractivity contribution in [1.82, 2.24) is 29.0 Å². The van der Waals surface area contributed by atoms with Crippen LogP contribution in [-0.2, 0) is 11.8 Å². The molecule has 1 amide bonds. The van der Waals surface area contributed by atoms with Crippen molar-refractivity contribution in [2.75, 3.05) is 13.1 Å². The van der Waals surface area contributed by atoms with Gasteiger partial charge in [0.25, 0.3) is 5.91 Å². The number of benzene rings is 2. The van der Waals surface area contributed by atoms with Crippen molar-refractivity contribution in [2.24, 2.45) is 7.05 Å². The van der Waals surface area contributed by atoms with Crippen molar-refractivity contribution in [3.8, 4) is 28.1 Å². The summed E-state index contributed by atoms with van der Waals surface area (Å²) in [5.74, 6) is 0.106. The molecule has 7 rings (SSSR count). The van der Waals surface area contributed by atoms with Crippen LogP contribution in [0.5, 0.6) is 0 Å². The summed E-state index contributed by atoms with van der Waals surface area (Å²) in [6.45, 7) is 2.77. The third-order valence-electron chi connectivity index (χ3n) is 8.72. The molecule has 2 aromatic carbocycles. The summed E-state index contributed by atoms with van der Waals surface area (Å²) in [6.07, 6.45) is 7.86. The van der Waals surface area contributed by atoms with Crippen molar-refractivity contribution in [3.05, 3.63) is 108 Å². The Kier molecular flexibility index (Phi) is 7.02. The standard InChI is InChI=1S/C35H32N6O3/c1-22(42)34(43)40-16-13-24(14-17-40)23-5-9-28(10-6-23)41-33-29-18-25(7-12-31(29)38-21-32(33)39(2)35(41)44)26-8-11-30(37-20-26)27-4-3-15-36-19-27/h3-12,15,18-22,24,42H,13-14,16-17H2,1-2H3. The van der Waals surface area contributed by atoms with Gasteiger partial charge in [0.1, 0.15) is 6.10 Å². The minimum Gasteiger partial charge on any atom is -0.384 e. The largest absolute Gasteiger partial charge is 0.384 e. The molecule has 1 aliphatic rings. The molecule has 9 heteroatoms. The van der Waals surface area contributed by atoms with Gasteiger partial charge in [0.2, 0.25) is 0 Å². The molecule has 0 radical (unpaired) electrons. The predicted octanol–water partition coefficient (Wildman–Crippen LogP) is 5.09. The molecule has 0 saturated carbocycles. The Labute approximate surface area is 254 Å². The van der Waals surface area contributed by atoms with Gasteiger partial charge in [0.05, 0.1) is 34.1 Å². The lowest BCUT2D eigenvalue weighted by molar-refractivity contribution is -0.140. The summed E-state index contributed by atoms with van der Waals surface area (Å²) in [5.41, 5.74) is 7.95. The number of pyridine rings is 3. The molecule has 1 fully saturated rings. The van der Waals surface area contributed by atoms with Crippen LogP contribution in [0.3, 0.4) is 0 Å². The first kappa shape index (κ1) is 27.7. The number of rotatable bonds is 5. The fourth-order valence-corrected chi connectivity index (χ4v) is 6.26. The smallest absolute Gasteiger partial charge is 0.333 e. The third kappa shape index (κ3) is 4.85. The van der Waals surface area contributed by atoms with Gasteiger partial charge in [-0.05, 0) is 79.3 Å². The number of likely N-dealkylation sites (tertiary alicyclic amines) is 1. The van der Waals surface area contributed by atoms with Crippen LogP contribution in [0, 0.1) is 0 Å². The zero-order valence-electron chi connectivity index (χ0n) is 24.6. The zero-order valence-corrected chi connectivity index (χ0v) is 24.6. The summed E-state index contributed by atoms with van der Waals surface area (Å²) in [7, 11) is 1.77. The molecule has 6 aromatic rings. The Morgan fingerprint density at radius 3 is 2.36 bits per heavy atom. The first-order valence-corrected chi connectivity index (χ1v) is 14.8. The maximum absolute atomic E-state index is 13.6. The van der Waals surface area contributed by atoms with Crippen molar-refractivity contribution < 1.29 is 9.90 Å². The molecule has 1 aliphatic heterocycles. The Bertz CT molecular complexity index is 2040. The molecular formula is C35H32N6O3. The highest BCUT2D eigenvalue weighted by Gasteiger charge is 2.26. The molecule has 44 heavy (non-hydrogen) atoms. The number of nitrogens with zero attached hydrogens (tertiary/aromatic N) is 6. The molecule has 1 saturated heterocycles. The number of fused-ring (bicyclic) bond motifs is 3. The van der Waals surface area contributed by atoms with Gasteiger partial charge in [-0.3, -0.25) is 28.9 Å². The molecule has 0 spiro atoms. The van der Waals surface area contributed by atoms with Gasteiger partial charge >= 0.3 is 5.69 Å². The maximum atomic E-state index is 13.6. The van der Waals surface area contributed by atoms with E-state index in [1.165, 1.54) is 12.5 Å². The number of hydrogen-bond acceptors (Lipinski definition) is 6. The Hall–Kier alpha value is -5.15. The van der Waals surface area contributed by atoms with Gasteiger partial charge in [-0.1, -0.05) is 24.3 Å². The molecule has 5 heterocycles. The minimum absolute atomic E-state index is 0.139. The van der Waals surface area contributed by atoms with Crippen LogP contribution >= 0.6 is 0 Å². The highest BCUT2D eigenvalue weighted by Crippen LogP contribution is 2.32. The van der Waals surface area contributed by atoms with Crippen LogP contribution in [0.1, 0.15) is 31.2 Å². The summed E-state index contributed by atoms with van der Waals surface area (Å²) in [4.78, 5) is 41.1. The second-order valence-electron chi connectivity index (χ2n) is 11.4. The van der Waals surface area contributed by atoms with Crippen LogP contribution in [0.4, 0.5) is 0 Å². The number of aromatic nitrogens is 5. The first-order chi connectivity index (χ1) is 21.4. The summed E-state index contributed by atoms with van der Waals surface area (Å²) < 4.78 is 3.40. The first-order valence-electron chi connectivity index (χ1n) is 14.8. The number of carbonyl (C=O) groups excluding carboxylic acids is 1. The molecule has 4 aromatic heterocycles. The molecule has 1 N–H and O–H groups in total. The van der Waals surface area contributed by atoms with E-state index in [0.29, 0.717) is 19.0 Å². The average molecular weight is 585 g/mol. The lowest BCUT2D eigenvalue weighted by atomic mass is 9.89. The van der Waals surface area contributed by atoms with E-state index in [-0.39, 0.29) is 11.6 Å². The highest BCUT2D eigenvalue weighted by molar-refractivity contribution is 6.04. The van der Waals surface area contributed by atoms with Crippen LogP contribution in [0.2, 0.25) is 0 Å². The summed E-state index contributed by atoms with van der Waals surface area (Å²) in [5, 5.41) is 10.5. The molecule has 1 unspecified atom stereocenters. The van der Waals surface area contributed by atoms with Crippen molar-refractivity contribution in [3.63, 3.8) is 0 Å². The van der Waals surface area contributed by atoms with Gasteiger partial charge in [0, 0.05) is 55.2 Å². The fourth-order valence-electron chi connectivity index (χ4n) is 6.26. The maximum Gasteiger partial charge on any atom is 0.333 e. The fraction of sp³-hybridized carbons (Fsp3) is 0.229. The van der Waals surface area contributed by atoms with Crippen molar-refractivity contribution in [1.29, 1.82) is 0 Å². The number of imidazole rings is 1. The lowest BCUT2D eigenvalue weighted by Gasteiger charge is -2.33. The summed E-state index contributed by atoms with van der Waals surface area (Å²) in [6, 6.07) is 22.2. The van der Waals surface area contributed by atoms with E-state index in [2.05, 4.69) is 33.2 Å². The second kappa shape index (κ2) is 11.2. The number of aliphatic hydroxyl groups excluding tert-OH is 1. The number of aliphatic hydroxyl groups is 1. The highest BCUT2D eigenvalue weighted by atomic mass is 16.3. The summed E-state index contributed by atoms with van der Waals surface area (Å²) >= 11 is 0. The topological polar surface area (TPSA) is 106 Å². The molecule has 0 aliphatic carbocycles. The molecule has 1 atom stereocenters. The lowest BCUT2D eigenvalue weighted by Crippen LogP contribution is -2.42. The van der Waals surface area contributed by atoms with Crippen LogP contribution < -0.4 is 5.69 Å². The predicted molar refractivity (Wildman–Crippen MR) is 171 cm³/mol. The van der Waals surface area contributed by atoms with E-state index in [1.807, 2.05) is 54.7 Å². The Morgan fingerprint density at radius 1 is 0.909 bits per heavy atom. The molecule has 0 bridgehead atoms. The van der Waals surface area contributed by atoms with E-state index in [0.717, 1.165) is 62.8 Å².